The molecule has 1 atom stereocenters. The van der Waals surface area contributed by atoms with Gasteiger partial charge in [0.1, 0.15) is 5.75 Å². The van der Waals surface area contributed by atoms with E-state index < -0.39 is 6.10 Å². The zero-order valence-electron chi connectivity index (χ0n) is 14.3. The second kappa shape index (κ2) is 7.82. The van der Waals surface area contributed by atoms with Crippen LogP contribution in [-0.4, -0.2) is 12.0 Å². The van der Waals surface area contributed by atoms with Crippen LogP contribution in [0.3, 0.4) is 0 Å². The second-order valence-corrected chi connectivity index (χ2v) is 5.76. The number of benzene rings is 2. The number of carbonyl (C=O) groups excluding carboxylic acids is 1. The number of hydrogen-bond acceptors (Lipinski definition) is 2. The van der Waals surface area contributed by atoms with Crippen LogP contribution < -0.4 is 10.1 Å². The number of ether oxygens (including phenoxy) is 1. The summed E-state index contributed by atoms with van der Waals surface area (Å²) in [7, 11) is 0. The predicted octanol–water partition coefficient (Wildman–Crippen LogP) is 4.66. The lowest BCUT2D eigenvalue weighted by molar-refractivity contribution is -0.122. The van der Waals surface area contributed by atoms with Crippen molar-refractivity contribution < 1.29 is 9.53 Å². The average molecular weight is 311 g/mol. The maximum atomic E-state index is 12.5. The maximum absolute atomic E-state index is 12.5. The van der Waals surface area contributed by atoms with Gasteiger partial charge in [-0.2, -0.15) is 0 Å². The Bertz CT molecular complexity index is 679. The number of para-hydroxylation sites is 1. The Morgan fingerprint density at radius 2 is 1.83 bits per heavy atom. The van der Waals surface area contributed by atoms with Crippen molar-refractivity contribution in [3.63, 3.8) is 0 Å². The van der Waals surface area contributed by atoms with Crippen molar-refractivity contribution in [1.82, 2.24) is 0 Å². The molecule has 0 aliphatic heterocycles. The number of carbonyl (C=O) groups is 1. The Hall–Kier alpha value is -2.29. The molecule has 1 N–H and O–H groups in total. The van der Waals surface area contributed by atoms with Crippen molar-refractivity contribution in [1.29, 1.82) is 0 Å². The number of nitrogens with one attached hydrogen (secondary N) is 1. The van der Waals surface area contributed by atoms with Crippen molar-refractivity contribution in [3.05, 3.63) is 59.2 Å². The van der Waals surface area contributed by atoms with Crippen molar-refractivity contribution >= 4 is 11.6 Å². The quantitative estimate of drug-likeness (QED) is 0.842. The molecular weight excluding hydrogens is 286 g/mol. The fourth-order valence-corrected chi connectivity index (χ4v) is 2.44. The first-order chi connectivity index (χ1) is 11.0. The third-order valence-electron chi connectivity index (χ3n) is 4.08. The number of amides is 1. The lowest BCUT2D eigenvalue weighted by atomic mass is 10.1. The van der Waals surface area contributed by atoms with Gasteiger partial charge in [-0.25, -0.2) is 0 Å². The largest absolute Gasteiger partial charge is 0.481 e. The molecule has 0 aliphatic carbocycles. The van der Waals surface area contributed by atoms with Crippen molar-refractivity contribution in [2.75, 3.05) is 5.32 Å². The smallest absolute Gasteiger partial charge is 0.265 e. The first kappa shape index (κ1) is 17.1. The first-order valence-electron chi connectivity index (χ1n) is 8.17. The van der Waals surface area contributed by atoms with E-state index in [1.165, 1.54) is 5.56 Å². The van der Waals surface area contributed by atoms with Gasteiger partial charge >= 0.3 is 0 Å². The van der Waals surface area contributed by atoms with Gasteiger partial charge in [-0.05, 0) is 61.6 Å². The highest BCUT2D eigenvalue weighted by Gasteiger charge is 2.19. The maximum Gasteiger partial charge on any atom is 0.265 e. The minimum atomic E-state index is -0.498. The summed E-state index contributed by atoms with van der Waals surface area (Å²) in [5.41, 5.74) is 4.37. The van der Waals surface area contributed by atoms with Gasteiger partial charge in [-0.15, -0.1) is 0 Å². The van der Waals surface area contributed by atoms with E-state index in [9.17, 15) is 4.79 Å². The van der Waals surface area contributed by atoms with E-state index in [0.717, 1.165) is 29.0 Å². The lowest BCUT2D eigenvalue weighted by Crippen LogP contribution is -2.32. The molecule has 2 aromatic rings. The van der Waals surface area contributed by atoms with Gasteiger partial charge in [0, 0.05) is 5.69 Å². The fraction of sp³-hybridized carbons (Fsp3) is 0.350. The van der Waals surface area contributed by atoms with E-state index in [0.29, 0.717) is 6.42 Å². The molecule has 0 aromatic heterocycles. The molecular formula is C20H25NO2. The van der Waals surface area contributed by atoms with E-state index in [1.54, 1.807) is 0 Å². The highest BCUT2D eigenvalue weighted by Crippen LogP contribution is 2.20. The molecule has 0 saturated heterocycles. The first-order valence-corrected chi connectivity index (χ1v) is 8.17. The molecule has 3 nitrogen and oxygen atoms in total. The van der Waals surface area contributed by atoms with Crippen LogP contribution in [0.25, 0.3) is 0 Å². The van der Waals surface area contributed by atoms with Gasteiger partial charge in [0.05, 0.1) is 0 Å². The Balaban J connectivity index is 2.10. The molecule has 0 radical (unpaired) electrons. The Morgan fingerprint density at radius 1 is 1.09 bits per heavy atom. The molecule has 0 spiro atoms. The Labute approximate surface area is 138 Å². The summed E-state index contributed by atoms with van der Waals surface area (Å²) < 4.78 is 5.89. The summed E-state index contributed by atoms with van der Waals surface area (Å²) in [6.45, 7) is 8.14. The van der Waals surface area contributed by atoms with Crippen LogP contribution in [0, 0.1) is 13.8 Å². The molecule has 0 saturated carbocycles. The third kappa shape index (κ3) is 4.35. The van der Waals surface area contributed by atoms with Gasteiger partial charge in [-0.3, -0.25) is 4.79 Å². The van der Waals surface area contributed by atoms with E-state index in [2.05, 4.69) is 19.2 Å². The molecule has 2 rings (SSSR count). The average Bonchev–Trinajstić information content (AvgIpc) is 2.56. The van der Waals surface area contributed by atoms with Crippen molar-refractivity contribution in [3.8, 4) is 5.75 Å². The van der Waals surface area contributed by atoms with Gasteiger partial charge < -0.3 is 10.1 Å². The molecule has 23 heavy (non-hydrogen) atoms. The summed E-state index contributed by atoms with van der Waals surface area (Å²) in [4.78, 5) is 12.5. The summed E-state index contributed by atoms with van der Waals surface area (Å²) in [6, 6.07) is 13.8. The highest BCUT2D eigenvalue weighted by molar-refractivity contribution is 5.95. The lowest BCUT2D eigenvalue weighted by Gasteiger charge is -2.19. The summed E-state index contributed by atoms with van der Waals surface area (Å²) >= 11 is 0. The molecule has 2 aromatic carbocycles. The number of anilines is 1. The van der Waals surface area contributed by atoms with Crippen LogP contribution in [-0.2, 0) is 11.2 Å². The van der Waals surface area contributed by atoms with Gasteiger partial charge in [0.15, 0.2) is 6.10 Å². The Morgan fingerprint density at radius 3 is 2.48 bits per heavy atom. The fourth-order valence-electron chi connectivity index (χ4n) is 2.44. The topological polar surface area (TPSA) is 38.3 Å². The third-order valence-corrected chi connectivity index (χ3v) is 4.08. The van der Waals surface area contributed by atoms with Crippen molar-refractivity contribution in [2.45, 2.75) is 46.6 Å². The number of aryl methyl sites for hydroxylation is 3. The monoisotopic (exact) mass is 311 g/mol. The SMILES string of the molecule is CCc1ccccc1NC(=O)C(CC)Oc1ccc(C)c(C)c1. The molecule has 0 aliphatic rings. The van der Waals surface area contributed by atoms with Gasteiger partial charge in [0.2, 0.25) is 0 Å². The zero-order valence-corrected chi connectivity index (χ0v) is 14.3. The van der Waals surface area contributed by atoms with Crippen LogP contribution in [0.4, 0.5) is 5.69 Å². The molecule has 0 bridgehead atoms. The van der Waals surface area contributed by atoms with E-state index >= 15 is 0 Å². The van der Waals surface area contributed by atoms with Crippen LogP contribution in [0.1, 0.15) is 37.0 Å². The van der Waals surface area contributed by atoms with Gasteiger partial charge in [0.25, 0.3) is 5.91 Å². The van der Waals surface area contributed by atoms with Crippen LogP contribution in [0.5, 0.6) is 5.75 Å². The van der Waals surface area contributed by atoms with E-state index in [4.69, 9.17) is 4.74 Å². The van der Waals surface area contributed by atoms with Gasteiger partial charge in [-0.1, -0.05) is 38.1 Å². The summed E-state index contributed by atoms with van der Waals surface area (Å²) in [5.74, 6) is 0.630. The molecule has 122 valence electrons. The molecule has 0 heterocycles. The van der Waals surface area contributed by atoms with Crippen LogP contribution in [0.15, 0.2) is 42.5 Å². The van der Waals surface area contributed by atoms with Crippen molar-refractivity contribution in [2.24, 2.45) is 0 Å². The summed E-state index contributed by atoms with van der Waals surface area (Å²) in [6.07, 6.45) is 1.00. The number of hydrogen-bond donors (Lipinski definition) is 1. The molecule has 3 heteroatoms. The van der Waals surface area contributed by atoms with E-state index in [-0.39, 0.29) is 5.91 Å². The normalized spacial score (nSPS) is 11.8. The predicted molar refractivity (Wildman–Crippen MR) is 95.1 cm³/mol. The number of rotatable bonds is 6. The minimum Gasteiger partial charge on any atom is -0.481 e. The van der Waals surface area contributed by atoms with E-state index in [1.807, 2.05) is 56.3 Å². The zero-order chi connectivity index (χ0) is 16.8. The van der Waals surface area contributed by atoms with Crippen LogP contribution in [0.2, 0.25) is 0 Å². The highest BCUT2D eigenvalue weighted by atomic mass is 16.5. The van der Waals surface area contributed by atoms with Crippen LogP contribution >= 0.6 is 0 Å². The molecule has 1 amide bonds. The minimum absolute atomic E-state index is 0.105. The summed E-state index contributed by atoms with van der Waals surface area (Å²) in [5, 5.41) is 2.99. The Kier molecular flexibility index (Phi) is 5.80. The second-order valence-electron chi connectivity index (χ2n) is 5.76. The standard InChI is InChI=1S/C20H25NO2/c1-5-16-9-7-8-10-18(16)21-20(22)19(6-2)23-17-12-11-14(3)15(4)13-17/h7-13,19H,5-6H2,1-4H3,(H,21,22). The molecule has 1 unspecified atom stereocenters. The molecule has 0 fully saturated rings.